The van der Waals surface area contributed by atoms with Crippen molar-refractivity contribution in [2.45, 2.75) is 31.8 Å². The van der Waals surface area contributed by atoms with Crippen LogP contribution < -0.4 is 20.5 Å². The van der Waals surface area contributed by atoms with E-state index in [1.807, 2.05) is 0 Å². The van der Waals surface area contributed by atoms with E-state index in [1.54, 1.807) is 9.62 Å². The van der Waals surface area contributed by atoms with Gasteiger partial charge in [-0.3, -0.25) is 19.1 Å². The van der Waals surface area contributed by atoms with Gasteiger partial charge < -0.3 is 20.6 Å². The Bertz CT molecular complexity index is 941. The van der Waals surface area contributed by atoms with Gasteiger partial charge in [0.25, 0.3) is 22.0 Å². The van der Waals surface area contributed by atoms with Crippen LogP contribution in [0.5, 0.6) is 0 Å². The minimum absolute atomic E-state index is 0.0525. The van der Waals surface area contributed by atoms with Crippen molar-refractivity contribution in [3.05, 3.63) is 17.5 Å². The van der Waals surface area contributed by atoms with Crippen molar-refractivity contribution < 1.29 is 27.9 Å². The summed E-state index contributed by atoms with van der Waals surface area (Å²) < 4.78 is 25.3. The predicted octanol–water partition coefficient (Wildman–Crippen LogP) is -2.30. The molecule has 1 saturated heterocycles. The summed E-state index contributed by atoms with van der Waals surface area (Å²) in [7, 11) is -4.27. The molecule has 0 aliphatic carbocycles. The summed E-state index contributed by atoms with van der Waals surface area (Å²) in [4.78, 5) is 38.0. The van der Waals surface area contributed by atoms with Gasteiger partial charge in [0.05, 0.1) is 6.54 Å². The third-order valence-corrected chi connectivity index (χ3v) is 6.05. The first-order valence-corrected chi connectivity index (χ1v) is 11.6. The SMILES string of the molecule is NS(=O)(=O)N[C@@H](CNC(=O)c1cc2n(n1)CCN(CCC1CCNCC1)C2=O)C(=O)O. The van der Waals surface area contributed by atoms with Gasteiger partial charge in [-0.05, 0) is 38.3 Å². The lowest BCUT2D eigenvalue weighted by Crippen LogP contribution is -2.50. The number of nitrogens with one attached hydrogen (secondary N) is 3. The second-order valence-electron chi connectivity index (χ2n) is 7.68. The van der Waals surface area contributed by atoms with Crippen molar-refractivity contribution in [2.75, 3.05) is 32.7 Å². The fraction of sp³-hybridized carbons (Fsp3) is 0.647. The highest BCUT2D eigenvalue weighted by Crippen LogP contribution is 2.19. The van der Waals surface area contributed by atoms with Crippen molar-refractivity contribution >= 4 is 28.0 Å². The Morgan fingerprint density at radius 2 is 2.03 bits per heavy atom. The molecular formula is C17H27N7O6S. The van der Waals surface area contributed by atoms with Crippen LogP contribution in [0, 0.1) is 5.92 Å². The van der Waals surface area contributed by atoms with Crippen LogP contribution in [-0.2, 0) is 21.5 Å². The highest BCUT2D eigenvalue weighted by atomic mass is 32.2. The Hall–Kier alpha value is -2.55. The summed E-state index contributed by atoms with van der Waals surface area (Å²) in [6, 6.07) is -0.277. The molecule has 2 amide bonds. The molecule has 3 rings (SSSR count). The van der Waals surface area contributed by atoms with Gasteiger partial charge in [0.2, 0.25) is 0 Å². The summed E-state index contributed by atoms with van der Waals surface area (Å²) in [6.07, 6.45) is 3.13. The maximum atomic E-state index is 12.8. The van der Waals surface area contributed by atoms with E-state index < -0.39 is 34.7 Å². The molecule has 0 spiro atoms. The van der Waals surface area contributed by atoms with E-state index in [0.29, 0.717) is 31.2 Å². The molecule has 0 unspecified atom stereocenters. The lowest BCUT2D eigenvalue weighted by atomic mass is 9.94. The molecule has 1 aromatic heterocycles. The number of aliphatic carboxylic acids is 1. The molecule has 6 N–H and O–H groups in total. The number of nitrogens with two attached hydrogens (primary N) is 1. The van der Waals surface area contributed by atoms with E-state index in [4.69, 9.17) is 10.2 Å². The molecule has 0 radical (unpaired) electrons. The molecule has 1 atom stereocenters. The third kappa shape index (κ3) is 6.22. The van der Waals surface area contributed by atoms with Crippen LogP contribution >= 0.6 is 0 Å². The largest absolute Gasteiger partial charge is 0.480 e. The van der Waals surface area contributed by atoms with Crippen LogP contribution in [0.1, 0.15) is 40.2 Å². The lowest BCUT2D eigenvalue weighted by molar-refractivity contribution is -0.138. The predicted molar refractivity (Wildman–Crippen MR) is 108 cm³/mol. The zero-order valence-corrected chi connectivity index (χ0v) is 17.7. The molecule has 2 aliphatic heterocycles. The van der Waals surface area contributed by atoms with Crippen molar-refractivity contribution in [1.82, 2.24) is 30.0 Å². The molecule has 1 aromatic rings. The smallest absolute Gasteiger partial charge is 0.323 e. The first kappa shape index (κ1) is 23.1. The molecule has 0 bridgehead atoms. The van der Waals surface area contributed by atoms with Crippen molar-refractivity contribution in [1.29, 1.82) is 0 Å². The monoisotopic (exact) mass is 457 g/mol. The number of fused-ring (bicyclic) bond motifs is 1. The molecular weight excluding hydrogens is 430 g/mol. The molecule has 0 aromatic carbocycles. The second kappa shape index (κ2) is 9.72. The van der Waals surface area contributed by atoms with Gasteiger partial charge >= 0.3 is 5.97 Å². The fourth-order valence-corrected chi connectivity index (χ4v) is 4.32. The van der Waals surface area contributed by atoms with Gasteiger partial charge in [-0.2, -0.15) is 18.2 Å². The third-order valence-electron chi connectivity index (χ3n) is 5.44. The zero-order chi connectivity index (χ0) is 22.6. The first-order chi connectivity index (χ1) is 14.6. The molecule has 2 aliphatic rings. The highest BCUT2D eigenvalue weighted by Gasteiger charge is 2.29. The Labute approximate surface area is 179 Å². The number of amides is 2. The van der Waals surface area contributed by atoms with Gasteiger partial charge in [-0.25, -0.2) is 5.14 Å². The van der Waals surface area contributed by atoms with Crippen LogP contribution in [-0.4, -0.2) is 84.8 Å². The van der Waals surface area contributed by atoms with E-state index in [0.717, 1.165) is 32.4 Å². The van der Waals surface area contributed by atoms with E-state index in [2.05, 4.69) is 15.7 Å². The molecule has 3 heterocycles. The fourth-order valence-electron chi connectivity index (χ4n) is 3.73. The van der Waals surface area contributed by atoms with Gasteiger partial charge in [-0.1, -0.05) is 0 Å². The number of aromatic nitrogens is 2. The van der Waals surface area contributed by atoms with Crippen LogP contribution in [0.25, 0.3) is 0 Å². The van der Waals surface area contributed by atoms with Crippen LogP contribution in [0.15, 0.2) is 6.07 Å². The van der Waals surface area contributed by atoms with Gasteiger partial charge in [0.15, 0.2) is 5.69 Å². The number of rotatable bonds is 9. The van der Waals surface area contributed by atoms with Crippen molar-refractivity contribution in [3.8, 4) is 0 Å². The van der Waals surface area contributed by atoms with Gasteiger partial charge in [0.1, 0.15) is 11.7 Å². The molecule has 172 valence electrons. The number of carbonyl (C=O) groups is 3. The minimum atomic E-state index is -4.27. The first-order valence-electron chi connectivity index (χ1n) is 10.0. The van der Waals surface area contributed by atoms with Crippen LogP contribution in [0.4, 0.5) is 0 Å². The van der Waals surface area contributed by atoms with Gasteiger partial charge in [-0.15, -0.1) is 0 Å². The summed E-state index contributed by atoms with van der Waals surface area (Å²) in [5.41, 5.74) is 0.238. The maximum absolute atomic E-state index is 12.8. The summed E-state index contributed by atoms with van der Waals surface area (Å²) in [6.45, 7) is 3.06. The highest BCUT2D eigenvalue weighted by molar-refractivity contribution is 7.87. The Balaban J connectivity index is 1.58. The van der Waals surface area contributed by atoms with Crippen molar-refractivity contribution in [2.24, 2.45) is 11.1 Å². The Kier molecular flexibility index (Phi) is 7.25. The lowest BCUT2D eigenvalue weighted by Gasteiger charge is -2.30. The maximum Gasteiger partial charge on any atom is 0.323 e. The van der Waals surface area contributed by atoms with Gasteiger partial charge in [0, 0.05) is 25.7 Å². The quantitative estimate of drug-likeness (QED) is 0.274. The Morgan fingerprint density at radius 1 is 1.32 bits per heavy atom. The number of hydrogen-bond acceptors (Lipinski definition) is 7. The average molecular weight is 458 g/mol. The second-order valence-corrected chi connectivity index (χ2v) is 9.00. The average Bonchev–Trinajstić information content (AvgIpc) is 3.15. The minimum Gasteiger partial charge on any atom is -0.480 e. The number of carboxylic acids is 1. The van der Waals surface area contributed by atoms with E-state index in [9.17, 15) is 22.8 Å². The molecule has 1 fully saturated rings. The topological polar surface area (TPSA) is 189 Å². The van der Waals surface area contributed by atoms with E-state index in [1.165, 1.54) is 10.7 Å². The zero-order valence-electron chi connectivity index (χ0n) is 16.9. The summed E-state index contributed by atoms with van der Waals surface area (Å²) >= 11 is 0. The molecule has 0 saturated carbocycles. The molecule has 31 heavy (non-hydrogen) atoms. The van der Waals surface area contributed by atoms with Crippen LogP contribution in [0.2, 0.25) is 0 Å². The number of hydrogen-bond donors (Lipinski definition) is 5. The van der Waals surface area contributed by atoms with E-state index in [-0.39, 0.29) is 11.6 Å². The molecule has 13 nitrogen and oxygen atoms in total. The summed E-state index contributed by atoms with van der Waals surface area (Å²) in [5, 5.41) is 23.6. The number of carboxylic acid groups (broad SMARTS) is 1. The standard InChI is InChI=1S/C17H27N7O6S/c18-31(29,30)22-13(17(27)28)10-20-15(25)12-9-14-16(26)23(7-8-24(14)21-12)6-3-11-1-4-19-5-2-11/h9,11,13,19,22H,1-8,10H2,(H,20,25)(H,27,28)(H2,18,29,30)/t13-/m0/s1. The van der Waals surface area contributed by atoms with Crippen molar-refractivity contribution in [3.63, 3.8) is 0 Å². The normalized spacial score (nSPS) is 18.5. The number of piperidine rings is 1. The van der Waals surface area contributed by atoms with Crippen LogP contribution in [0.3, 0.4) is 0 Å². The molecule has 14 heteroatoms. The van der Waals surface area contributed by atoms with E-state index >= 15 is 0 Å². The number of carbonyl (C=O) groups excluding carboxylic acids is 2. The summed E-state index contributed by atoms with van der Waals surface area (Å²) in [5.74, 6) is -1.84. The Morgan fingerprint density at radius 3 is 2.68 bits per heavy atom. The number of nitrogens with zero attached hydrogens (tertiary/aromatic N) is 3.